The highest BCUT2D eigenvalue weighted by molar-refractivity contribution is 7.93. The number of fused-ring (bicyclic) bond motifs is 1. The van der Waals surface area contributed by atoms with Crippen LogP contribution in [-0.2, 0) is 21.9 Å². The lowest BCUT2D eigenvalue weighted by Gasteiger charge is -2.24. The molecule has 28 heavy (non-hydrogen) atoms. The zero-order chi connectivity index (χ0) is 20.6. The zero-order valence-electron chi connectivity index (χ0n) is 15.9. The van der Waals surface area contributed by atoms with Gasteiger partial charge in [-0.3, -0.25) is 9.36 Å². The molecule has 8 nitrogen and oxygen atoms in total. The maximum atomic E-state index is 13.3. The van der Waals surface area contributed by atoms with E-state index in [-0.39, 0.29) is 16.2 Å². The van der Waals surface area contributed by atoms with Crippen LogP contribution in [0.2, 0.25) is 0 Å². The second-order valence-electron chi connectivity index (χ2n) is 6.52. The number of rotatable bonds is 5. The molecule has 1 amide bonds. The lowest BCUT2D eigenvalue weighted by Crippen LogP contribution is -2.39. The molecule has 0 atom stereocenters. The van der Waals surface area contributed by atoms with Gasteiger partial charge in [-0.25, -0.2) is 17.5 Å². The standard InChI is InChI=1S/C19H20N2O6S/c1-12(2)18(22)21(13-5-7-14(26-4)8-6-13)28(24,25)15-9-10-16-17(11-15)27-19(23)20(16)3/h5-12H,1-4H3. The van der Waals surface area contributed by atoms with Gasteiger partial charge in [0.2, 0.25) is 5.91 Å². The summed E-state index contributed by atoms with van der Waals surface area (Å²) in [7, 11) is -1.23. The first kappa shape index (κ1) is 19.7. The molecule has 0 aliphatic rings. The van der Waals surface area contributed by atoms with Crippen LogP contribution in [0.15, 0.2) is 56.6 Å². The van der Waals surface area contributed by atoms with Gasteiger partial charge in [0.1, 0.15) is 5.75 Å². The van der Waals surface area contributed by atoms with Gasteiger partial charge in [-0.2, -0.15) is 0 Å². The first-order valence-corrected chi connectivity index (χ1v) is 9.93. The number of aryl methyl sites for hydroxylation is 1. The summed E-state index contributed by atoms with van der Waals surface area (Å²) < 4.78 is 38.8. The van der Waals surface area contributed by atoms with Crippen LogP contribution in [0.3, 0.4) is 0 Å². The lowest BCUT2D eigenvalue weighted by atomic mass is 10.2. The number of amides is 1. The number of hydrogen-bond acceptors (Lipinski definition) is 6. The summed E-state index contributed by atoms with van der Waals surface area (Å²) >= 11 is 0. The summed E-state index contributed by atoms with van der Waals surface area (Å²) in [6.07, 6.45) is 0. The molecule has 1 aromatic heterocycles. The van der Waals surface area contributed by atoms with Gasteiger partial charge >= 0.3 is 5.76 Å². The van der Waals surface area contributed by atoms with Gasteiger partial charge in [0.05, 0.1) is 23.2 Å². The van der Waals surface area contributed by atoms with Crippen LogP contribution >= 0.6 is 0 Å². The summed E-state index contributed by atoms with van der Waals surface area (Å²) in [4.78, 5) is 24.3. The van der Waals surface area contributed by atoms with E-state index in [9.17, 15) is 18.0 Å². The first-order valence-electron chi connectivity index (χ1n) is 8.49. The number of anilines is 1. The summed E-state index contributed by atoms with van der Waals surface area (Å²) in [6, 6.07) is 10.2. The summed E-state index contributed by atoms with van der Waals surface area (Å²) in [5.41, 5.74) is 0.768. The van der Waals surface area contributed by atoms with E-state index >= 15 is 0 Å². The van der Waals surface area contributed by atoms with Crippen molar-refractivity contribution in [1.29, 1.82) is 0 Å². The van der Waals surface area contributed by atoms with Crippen molar-refractivity contribution in [3.05, 3.63) is 53.0 Å². The van der Waals surface area contributed by atoms with E-state index in [1.165, 1.54) is 49.1 Å². The fourth-order valence-electron chi connectivity index (χ4n) is 2.72. The number of carbonyl (C=O) groups excluding carboxylic acids is 1. The van der Waals surface area contributed by atoms with E-state index in [1.807, 2.05) is 0 Å². The van der Waals surface area contributed by atoms with Crippen LogP contribution in [0.1, 0.15) is 13.8 Å². The van der Waals surface area contributed by atoms with Crippen molar-refractivity contribution in [3.63, 3.8) is 0 Å². The maximum absolute atomic E-state index is 13.3. The van der Waals surface area contributed by atoms with E-state index in [0.717, 1.165) is 4.31 Å². The van der Waals surface area contributed by atoms with E-state index in [1.54, 1.807) is 26.0 Å². The van der Waals surface area contributed by atoms with Crippen LogP contribution in [-0.4, -0.2) is 26.0 Å². The fraction of sp³-hybridized carbons (Fsp3) is 0.263. The maximum Gasteiger partial charge on any atom is 0.419 e. The monoisotopic (exact) mass is 404 g/mol. The number of aromatic nitrogens is 1. The van der Waals surface area contributed by atoms with E-state index in [4.69, 9.17) is 9.15 Å². The topological polar surface area (TPSA) is 98.8 Å². The lowest BCUT2D eigenvalue weighted by molar-refractivity contribution is -0.120. The number of oxazole rings is 1. The average Bonchev–Trinajstić information content (AvgIpc) is 2.95. The molecule has 1 heterocycles. The Kier molecular flexibility index (Phi) is 5.03. The van der Waals surface area contributed by atoms with Crippen molar-refractivity contribution in [2.24, 2.45) is 13.0 Å². The van der Waals surface area contributed by atoms with Gasteiger partial charge in [-0.05, 0) is 36.4 Å². The molecule has 0 N–H and O–H groups in total. The van der Waals surface area contributed by atoms with Crippen molar-refractivity contribution >= 4 is 32.7 Å². The fourth-order valence-corrected chi connectivity index (χ4v) is 4.27. The molecule has 148 valence electrons. The van der Waals surface area contributed by atoms with Gasteiger partial charge < -0.3 is 9.15 Å². The predicted octanol–water partition coefficient (Wildman–Crippen LogP) is 2.52. The highest BCUT2D eigenvalue weighted by Crippen LogP contribution is 2.29. The molecule has 0 spiro atoms. The molecular weight excluding hydrogens is 384 g/mol. The predicted molar refractivity (Wildman–Crippen MR) is 104 cm³/mol. The number of benzene rings is 2. The van der Waals surface area contributed by atoms with Crippen LogP contribution in [0.25, 0.3) is 11.1 Å². The van der Waals surface area contributed by atoms with Gasteiger partial charge in [0.25, 0.3) is 10.0 Å². The molecule has 9 heteroatoms. The Labute approximate surface area is 162 Å². The number of nitrogens with zero attached hydrogens (tertiary/aromatic N) is 2. The Hall–Kier alpha value is -3.07. The molecule has 0 aliphatic carbocycles. The first-order chi connectivity index (χ1) is 13.2. The van der Waals surface area contributed by atoms with Crippen molar-refractivity contribution in [2.45, 2.75) is 18.7 Å². The minimum absolute atomic E-state index is 0.125. The van der Waals surface area contributed by atoms with Crippen LogP contribution < -0.4 is 14.8 Å². The third-order valence-corrected chi connectivity index (χ3v) is 6.02. The van der Waals surface area contributed by atoms with Crippen molar-refractivity contribution in [3.8, 4) is 5.75 Å². The van der Waals surface area contributed by atoms with E-state index < -0.39 is 27.6 Å². The second-order valence-corrected chi connectivity index (χ2v) is 8.30. The zero-order valence-corrected chi connectivity index (χ0v) is 16.7. The Bertz CT molecular complexity index is 1190. The summed E-state index contributed by atoms with van der Waals surface area (Å²) in [5.74, 6) is -1.21. The molecule has 0 unspecified atom stereocenters. The third-order valence-electron chi connectivity index (χ3n) is 4.30. The largest absolute Gasteiger partial charge is 0.497 e. The molecule has 2 aromatic carbocycles. The smallest absolute Gasteiger partial charge is 0.419 e. The number of methoxy groups -OCH3 is 1. The molecule has 0 aliphatic heterocycles. The Morgan fingerprint density at radius 3 is 2.36 bits per heavy atom. The van der Waals surface area contributed by atoms with Crippen molar-refractivity contribution in [2.75, 3.05) is 11.4 Å². The van der Waals surface area contributed by atoms with Gasteiger partial charge in [0, 0.05) is 19.0 Å². The minimum atomic E-state index is -4.24. The van der Waals surface area contributed by atoms with E-state index in [0.29, 0.717) is 11.3 Å². The van der Waals surface area contributed by atoms with Crippen LogP contribution in [0.4, 0.5) is 5.69 Å². The second kappa shape index (κ2) is 7.16. The van der Waals surface area contributed by atoms with E-state index in [2.05, 4.69) is 0 Å². The highest BCUT2D eigenvalue weighted by atomic mass is 32.2. The van der Waals surface area contributed by atoms with Crippen molar-refractivity contribution < 1.29 is 22.4 Å². The summed E-state index contributed by atoms with van der Waals surface area (Å²) in [6.45, 7) is 3.24. The highest BCUT2D eigenvalue weighted by Gasteiger charge is 2.33. The minimum Gasteiger partial charge on any atom is -0.497 e. The third kappa shape index (κ3) is 3.29. The number of sulfonamides is 1. The Morgan fingerprint density at radius 1 is 1.14 bits per heavy atom. The number of carbonyl (C=O) groups is 1. The molecular formula is C19H20N2O6S. The molecule has 0 radical (unpaired) electrons. The molecule has 3 aromatic rings. The van der Waals surface area contributed by atoms with Crippen molar-refractivity contribution in [1.82, 2.24) is 4.57 Å². The average molecular weight is 404 g/mol. The Morgan fingerprint density at radius 2 is 1.79 bits per heavy atom. The quantitative estimate of drug-likeness (QED) is 0.648. The molecule has 0 fully saturated rings. The Balaban J connectivity index is 2.17. The molecule has 3 rings (SSSR count). The van der Waals surface area contributed by atoms with Gasteiger partial charge in [-0.1, -0.05) is 13.8 Å². The molecule has 0 bridgehead atoms. The van der Waals surface area contributed by atoms with Gasteiger partial charge in [0.15, 0.2) is 5.58 Å². The molecule has 0 saturated carbocycles. The number of hydrogen-bond donors (Lipinski definition) is 0. The summed E-state index contributed by atoms with van der Waals surface area (Å²) in [5, 5.41) is 0. The number of ether oxygens (including phenoxy) is 1. The van der Waals surface area contributed by atoms with Crippen LogP contribution in [0.5, 0.6) is 5.75 Å². The molecule has 0 saturated heterocycles. The normalized spacial score (nSPS) is 11.8. The SMILES string of the molecule is COc1ccc(N(C(=O)C(C)C)S(=O)(=O)c2ccc3c(c2)oc(=O)n3C)cc1. The van der Waals surface area contributed by atoms with Gasteiger partial charge in [-0.15, -0.1) is 0 Å². The van der Waals surface area contributed by atoms with Crippen LogP contribution in [0, 0.1) is 5.92 Å².